The molecular weight excluding hydrogens is 96.1 g/mol. The second-order valence-electron chi connectivity index (χ2n) is 4.42. The van der Waals surface area contributed by atoms with Crippen LogP contribution in [-0.4, -0.2) is 0 Å². The molecule has 0 N–H and O–H groups in total. The van der Waals surface area contributed by atoms with E-state index in [4.69, 9.17) is 0 Å². The molecule has 8 heavy (non-hydrogen) atoms. The van der Waals surface area contributed by atoms with Gasteiger partial charge < -0.3 is 0 Å². The van der Waals surface area contributed by atoms with Crippen LogP contribution < -0.4 is 0 Å². The lowest BCUT2D eigenvalue weighted by Gasteiger charge is -2.33. The molecule has 0 bridgehead atoms. The maximum absolute atomic E-state index is 2.47. The van der Waals surface area contributed by atoms with Crippen LogP contribution in [0.2, 0.25) is 0 Å². The predicted molar refractivity (Wildman–Crippen MR) is 32.5 cm³/mol. The van der Waals surface area contributed by atoms with E-state index in [2.05, 4.69) is 13.8 Å². The summed E-state index contributed by atoms with van der Waals surface area (Å²) in [6, 6.07) is 0. The second kappa shape index (κ2) is 0.571. The first-order valence-corrected chi connectivity index (χ1v) is 3.66. The summed E-state index contributed by atoms with van der Waals surface area (Å²) in [5.74, 6) is 0. The smallest absolute Gasteiger partial charge is 0.0173 e. The van der Waals surface area contributed by atoms with Crippen LogP contribution >= 0.6 is 0 Å². The normalized spacial score (nSPS) is 81.8. The van der Waals surface area contributed by atoms with Crippen LogP contribution in [0.4, 0.5) is 0 Å². The van der Waals surface area contributed by atoms with Gasteiger partial charge in [-0.2, -0.15) is 0 Å². The Balaban J connectivity index is 2.17. The minimum absolute atomic E-state index is 0.861. The molecule has 0 radical (unpaired) electrons. The van der Waals surface area contributed by atoms with Crippen molar-refractivity contribution < 1.29 is 0 Å². The molecule has 44 valence electrons. The fourth-order valence-corrected chi connectivity index (χ4v) is 3.55. The summed E-state index contributed by atoms with van der Waals surface area (Å²) in [5.41, 5.74) is 2.65. The zero-order valence-corrected chi connectivity index (χ0v) is 5.62. The van der Waals surface area contributed by atoms with Crippen molar-refractivity contribution in [3.8, 4) is 0 Å². The van der Waals surface area contributed by atoms with E-state index in [1.54, 1.807) is 12.8 Å². The van der Waals surface area contributed by atoms with E-state index in [-0.39, 0.29) is 0 Å². The quantitative estimate of drug-likeness (QED) is 0.446. The second-order valence-corrected chi connectivity index (χ2v) is 4.42. The van der Waals surface area contributed by atoms with Crippen molar-refractivity contribution in [2.75, 3.05) is 0 Å². The molecule has 0 aliphatic heterocycles. The molecule has 1 spiro atoms. The average molecular weight is 108 g/mol. The van der Waals surface area contributed by atoms with Gasteiger partial charge in [-0.1, -0.05) is 13.8 Å². The summed E-state index contributed by atoms with van der Waals surface area (Å²) in [6.45, 7) is 4.94. The molecule has 0 nitrogen and oxygen atoms in total. The Labute approximate surface area is 50.3 Å². The van der Waals surface area contributed by atoms with Crippen LogP contribution in [0.5, 0.6) is 0 Å². The fourth-order valence-electron chi connectivity index (χ4n) is 3.55. The van der Waals surface area contributed by atoms with Gasteiger partial charge in [0.1, 0.15) is 0 Å². The Kier molecular flexibility index (Phi) is 0.280. The average Bonchev–Trinajstić information content (AvgIpc) is 2.45. The van der Waals surface area contributed by atoms with E-state index < -0.39 is 0 Å². The molecule has 3 rings (SSSR count). The van der Waals surface area contributed by atoms with Gasteiger partial charge in [0, 0.05) is 0 Å². The van der Waals surface area contributed by atoms with E-state index in [1.165, 1.54) is 6.42 Å². The van der Waals surface area contributed by atoms with Gasteiger partial charge in [0.15, 0.2) is 0 Å². The molecule has 3 aliphatic rings. The van der Waals surface area contributed by atoms with Crippen LogP contribution in [-0.2, 0) is 0 Å². The lowest BCUT2D eigenvalue weighted by Crippen LogP contribution is -2.24. The van der Waals surface area contributed by atoms with Crippen LogP contribution in [0, 0.1) is 16.2 Å². The lowest BCUT2D eigenvalue weighted by molar-refractivity contribution is 0.163. The fraction of sp³-hybridized carbons (Fsp3) is 1.00. The summed E-state index contributed by atoms with van der Waals surface area (Å²) in [5, 5.41) is 0. The molecule has 3 fully saturated rings. The van der Waals surface area contributed by atoms with Gasteiger partial charge in [0.2, 0.25) is 0 Å². The Hall–Kier alpha value is 0. The largest absolute Gasteiger partial charge is 0.0585 e. The van der Waals surface area contributed by atoms with Crippen molar-refractivity contribution in [3.05, 3.63) is 0 Å². The van der Waals surface area contributed by atoms with E-state index >= 15 is 0 Å². The van der Waals surface area contributed by atoms with E-state index in [0.29, 0.717) is 0 Å². The zero-order valence-electron chi connectivity index (χ0n) is 5.62. The first-order valence-electron chi connectivity index (χ1n) is 3.66. The number of hydrogen-bond donors (Lipinski definition) is 0. The van der Waals surface area contributed by atoms with Gasteiger partial charge in [-0.05, 0) is 35.5 Å². The molecule has 0 aromatic rings. The molecule has 0 aromatic carbocycles. The van der Waals surface area contributed by atoms with E-state index in [9.17, 15) is 0 Å². The molecule has 0 amide bonds. The highest BCUT2D eigenvalue weighted by Crippen LogP contribution is 3.05. The number of hydrogen-bond acceptors (Lipinski definition) is 0. The standard InChI is InChI=1S/C8H12/c1-6-3-4-8(6)5-7(6,8)2/h3-5H2,1-2H3. The van der Waals surface area contributed by atoms with E-state index in [1.807, 2.05) is 0 Å². The summed E-state index contributed by atoms with van der Waals surface area (Å²) >= 11 is 0. The Bertz CT molecular complexity index is 144. The van der Waals surface area contributed by atoms with Crippen molar-refractivity contribution in [2.24, 2.45) is 16.2 Å². The van der Waals surface area contributed by atoms with Gasteiger partial charge in [-0.3, -0.25) is 0 Å². The third kappa shape index (κ3) is 0.116. The zero-order chi connectivity index (χ0) is 5.62. The lowest BCUT2D eigenvalue weighted by atomic mass is 9.71. The highest BCUT2D eigenvalue weighted by Gasteiger charge is 2.98. The molecular formula is C8H12. The van der Waals surface area contributed by atoms with Crippen LogP contribution in [0.1, 0.15) is 33.1 Å². The third-order valence-corrected chi connectivity index (χ3v) is 4.85. The van der Waals surface area contributed by atoms with Crippen molar-refractivity contribution in [3.63, 3.8) is 0 Å². The molecule has 0 heterocycles. The molecule has 3 saturated carbocycles. The van der Waals surface area contributed by atoms with Crippen molar-refractivity contribution >= 4 is 0 Å². The SMILES string of the molecule is CC12CCC13CC23C. The first kappa shape index (κ1) is 3.92. The Morgan fingerprint density at radius 1 is 1.00 bits per heavy atom. The van der Waals surface area contributed by atoms with Crippen LogP contribution in [0.15, 0.2) is 0 Å². The predicted octanol–water partition coefficient (Wildman–Crippen LogP) is 2.20. The summed E-state index contributed by atoms with van der Waals surface area (Å²) in [4.78, 5) is 0. The molecule has 0 heteroatoms. The summed E-state index contributed by atoms with van der Waals surface area (Å²) in [6.07, 6.45) is 4.65. The minimum Gasteiger partial charge on any atom is -0.0585 e. The maximum atomic E-state index is 2.47. The minimum atomic E-state index is 0.861. The molecule has 3 atom stereocenters. The van der Waals surface area contributed by atoms with Gasteiger partial charge in [-0.15, -0.1) is 0 Å². The van der Waals surface area contributed by atoms with Crippen molar-refractivity contribution in [1.29, 1.82) is 0 Å². The highest BCUT2D eigenvalue weighted by atomic mass is 15.0. The van der Waals surface area contributed by atoms with Crippen molar-refractivity contribution in [2.45, 2.75) is 33.1 Å². The molecule has 3 aliphatic carbocycles. The van der Waals surface area contributed by atoms with Gasteiger partial charge in [-0.25, -0.2) is 0 Å². The monoisotopic (exact) mass is 108 g/mol. The Morgan fingerprint density at radius 2 is 1.62 bits per heavy atom. The van der Waals surface area contributed by atoms with Crippen LogP contribution in [0.25, 0.3) is 0 Å². The maximum Gasteiger partial charge on any atom is -0.0173 e. The van der Waals surface area contributed by atoms with Gasteiger partial charge in [0.05, 0.1) is 0 Å². The van der Waals surface area contributed by atoms with Gasteiger partial charge >= 0.3 is 0 Å². The topological polar surface area (TPSA) is 0 Å². The number of rotatable bonds is 0. The highest BCUT2D eigenvalue weighted by molar-refractivity contribution is 5.46. The third-order valence-electron chi connectivity index (χ3n) is 4.85. The molecule has 0 aromatic heterocycles. The number of fused-ring (bicyclic) bond motifs is 1. The molecule has 0 saturated heterocycles. The van der Waals surface area contributed by atoms with Crippen molar-refractivity contribution in [1.82, 2.24) is 0 Å². The molecule has 3 unspecified atom stereocenters. The van der Waals surface area contributed by atoms with Crippen LogP contribution in [0.3, 0.4) is 0 Å². The first-order chi connectivity index (χ1) is 3.66. The van der Waals surface area contributed by atoms with E-state index in [0.717, 1.165) is 16.2 Å². The Morgan fingerprint density at radius 3 is 1.62 bits per heavy atom. The van der Waals surface area contributed by atoms with Gasteiger partial charge in [0.25, 0.3) is 0 Å². The summed E-state index contributed by atoms with van der Waals surface area (Å²) in [7, 11) is 0. The summed E-state index contributed by atoms with van der Waals surface area (Å²) < 4.78 is 0.